The predicted molar refractivity (Wildman–Crippen MR) is 135 cm³/mol. The third-order valence-corrected chi connectivity index (χ3v) is 9.43. The molecule has 0 saturated heterocycles. The topological polar surface area (TPSA) is 0 Å². The smallest absolute Gasteiger partial charge is 0.159 e. The zero-order valence-electron chi connectivity index (χ0n) is 20.9. The molecule has 4 rings (SSSR count). The number of benzene rings is 1. The fourth-order valence-electron chi connectivity index (χ4n) is 7.17. The van der Waals surface area contributed by atoms with E-state index < -0.39 is 11.6 Å². The van der Waals surface area contributed by atoms with Crippen LogP contribution in [-0.2, 0) is 0 Å². The summed E-state index contributed by atoms with van der Waals surface area (Å²) in [4.78, 5) is 0. The van der Waals surface area contributed by atoms with Crippen LogP contribution in [0.15, 0.2) is 30.4 Å². The molecule has 0 amide bonds. The zero-order chi connectivity index (χ0) is 23.0. The molecule has 0 bridgehead atoms. The summed E-state index contributed by atoms with van der Waals surface area (Å²) < 4.78 is 26.8. The Morgan fingerprint density at radius 1 is 0.697 bits per heavy atom. The Kier molecular flexibility index (Phi) is 9.44. The summed E-state index contributed by atoms with van der Waals surface area (Å²) in [6, 6.07) is 4.47. The van der Waals surface area contributed by atoms with Crippen LogP contribution in [0.1, 0.15) is 121 Å². The molecule has 0 radical (unpaired) electrons. The van der Waals surface area contributed by atoms with Gasteiger partial charge < -0.3 is 0 Å². The van der Waals surface area contributed by atoms with Crippen LogP contribution < -0.4 is 0 Å². The molecule has 0 aliphatic heterocycles. The summed E-state index contributed by atoms with van der Waals surface area (Å²) in [5.41, 5.74) is 0.977. The van der Waals surface area contributed by atoms with Crippen molar-refractivity contribution in [2.24, 2.45) is 29.6 Å². The predicted octanol–water partition coefficient (Wildman–Crippen LogP) is 9.99. The quantitative estimate of drug-likeness (QED) is 0.270. The van der Waals surface area contributed by atoms with E-state index in [-0.39, 0.29) is 0 Å². The van der Waals surface area contributed by atoms with Gasteiger partial charge in [-0.3, -0.25) is 0 Å². The van der Waals surface area contributed by atoms with Crippen LogP contribution in [-0.4, -0.2) is 0 Å². The van der Waals surface area contributed by atoms with Crippen LogP contribution in [0.5, 0.6) is 0 Å². The first-order valence-electron chi connectivity index (χ1n) is 14.3. The van der Waals surface area contributed by atoms with Gasteiger partial charge in [0, 0.05) is 0 Å². The molecule has 3 fully saturated rings. The Hall–Kier alpha value is -1.18. The molecule has 3 aliphatic rings. The van der Waals surface area contributed by atoms with E-state index in [4.69, 9.17) is 0 Å². The van der Waals surface area contributed by atoms with Crippen molar-refractivity contribution < 1.29 is 8.78 Å². The van der Waals surface area contributed by atoms with Gasteiger partial charge in [0.15, 0.2) is 11.6 Å². The van der Waals surface area contributed by atoms with Gasteiger partial charge >= 0.3 is 0 Å². The molecular weight excluding hydrogens is 410 g/mol. The third-order valence-electron chi connectivity index (χ3n) is 9.43. The average Bonchev–Trinajstić information content (AvgIpc) is 2.86. The number of unbranched alkanes of at least 4 members (excludes halogenated alkanes) is 2. The summed E-state index contributed by atoms with van der Waals surface area (Å²) in [5, 5.41) is 0. The van der Waals surface area contributed by atoms with Crippen molar-refractivity contribution in [3.05, 3.63) is 47.5 Å². The molecule has 1 aromatic rings. The highest BCUT2D eigenvalue weighted by Crippen LogP contribution is 2.43. The van der Waals surface area contributed by atoms with Crippen molar-refractivity contribution in [1.82, 2.24) is 0 Å². The maximum atomic E-state index is 13.6. The van der Waals surface area contributed by atoms with Crippen molar-refractivity contribution in [2.75, 3.05) is 0 Å². The monoisotopic (exact) mass is 456 g/mol. The molecule has 3 saturated carbocycles. The lowest BCUT2D eigenvalue weighted by atomic mass is 9.68. The van der Waals surface area contributed by atoms with E-state index in [0.29, 0.717) is 11.8 Å². The van der Waals surface area contributed by atoms with Crippen molar-refractivity contribution in [3.63, 3.8) is 0 Å². The largest absolute Gasteiger partial charge is 0.204 e. The summed E-state index contributed by atoms with van der Waals surface area (Å²) in [7, 11) is 0. The highest BCUT2D eigenvalue weighted by atomic mass is 19.2. The molecule has 2 heteroatoms. The van der Waals surface area contributed by atoms with E-state index in [9.17, 15) is 8.78 Å². The first-order valence-corrected chi connectivity index (χ1v) is 14.3. The van der Waals surface area contributed by atoms with Crippen LogP contribution >= 0.6 is 0 Å². The molecule has 3 aliphatic carbocycles. The lowest BCUT2D eigenvalue weighted by Crippen LogP contribution is -2.25. The van der Waals surface area contributed by atoms with E-state index in [1.807, 2.05) is 0 Å². The van der Waals surface area contributed by atoms with E-state index in [2.05, 4.69) is 19.1 Å². The zero-order valence-corrected chi connectivity index (χ0v) is 20.9. The minimum Gasteiger partial charge on any atom is -0.204 e. The molecule has 33 heavy (non-hydrogen) atoms. The standard InChI is InChI=1S/C31H46F2/c1-2-3-4-5-23-8-14-26(15-9-23)27-16-10-24(11-17-27)6-7-25-12-18-28(19-13-25)29-20-21-30(32)31(33)22-29/h6-7,20-28H,2-5,8-19H2,1H3/b7-6+/t23-,24?,25-,26-,27?,28-. The molecule has 0 aromatic heterocycles. The normalized spacial score (nSPS) is 33.4. The van der Waals surface area contributed by atoms with Gasteiger partial charge in [-0.25, -0.2) is 8.78 Å². The molecule has 0 heterocycles. The van der Waals surface area contributed by atoms with Crippen LogP contribution in [0.3, 0.4) is 0 Å². The van der Waals surface area contributed by atoms with Gasteiger partial charge in [-0.15, -0.1) is 0 Å². The molecule has 0 nitrogen and oxygen atoms in total. The highest BCUT2D eigenvalue weighted by molar-refractivity contribution is 5.22. The van der Waals surface area contributed by atoms with Crippen LogP contribution in [0.2, 0.25) is 0 Å². The van der Waals surface area contributed by atoms with Crippen molar-refractivity contribution in [1.29, 1.82) is 0 Å². The minimum absolute atomic E-state index is 0.391. The van der Waals surface area contributed by atoms with Crippen LogP contribution in [0.4, 0.5) is 8.78 Å². The second-order valence-corrected chi connectivity index (χ2v) is 11.6. The molecule has 1 aromatic carbocycles. The Morgan fingerprint density at radius 2 is 1.27 bits per heavy atom. The average molecular weight is 457 g/mol. The summed E-state index contributed by atoms with van der Waals surface area (Å²) in [6.45, 7) is 2.31. The fourth-order valence-corrected chi connectivity index (χ4v) is 7.17. The summed E-state index contributed by atoms with van der Waals surface area (Å²) in [5.74, 6) is 3.46. The van der Waals surface area contributed by atoms with Gasteiger partial charge in [-0.1, -0.05) is 63.7 Å². The van der Waals surface area contributed by atoms with Gasteiger partial charge in [-0.2, -0.15) is 0 Å². The van der Waals surface area contributed by atoms with E-state index in [1.54, 1.807) is 6.07 Å². The van der Waals surface area contributed by atoms with Crippen LogP contribution in [0.25, 0.3) is 0 Å². The second-order valence-electron chi connectivity index (χ2n) is 11.6. The maximum Gasteiger partial charge on any atom is 0.159 e. The Morgan fingerprint density at radius 3 is 1.85 bits per heavy atom. The molecule has 0 N–H and O–H groups in total. The maximum absolute atomic E-state index is 13.6. The number of rotatable bonds is 8. The Labute approximate surface area is 201 Å². The third kappa shape index (κ3) is 7.15. The first kappa shape index (κ1) is 24.9. The van der Waals surface area contributed by atoms with Gasteiger partial charge in [-0.05, 0) is 117 Å². The fraction of sp³-hybridized carbons (Fsp3) is 0.742. The van der Waals surface area contributed by atoms with Gasteiger partial charge in [0.2, 0.25) is 0 Å². The first-order chi connectivity index (χ1) is 16.1. The minimum atomic E-state index is -0.736. The van der Waals surface area contributed by atoms with Crippen molar-refractivity contribution >= 4 is 0 Å². The van der Waals surface area contributed by atoms with Crippen molar-refractivity contribution in [3.8, 4) is 0 Å². The Balaban J connectivity index is 1.14. The molecule has 0 atom stereocenters. The summed E-state index contributed by atoms with van der Waals surface area (Å²) >= 11 is 0. The number of halogens is 2. The number of hydrogen-bond donors (Lipinski definition) is 0. The molecule has 0 spiro atoms. The SMILES string of the molecule is CCCCC[C@H]1CC[C@H](C2CCC(/C=C/[C@H]3CC[C@H](c4ccc(F)c(F)c4)CC3)CC2)CC1. The molecule has 184 valence electrons. The lowest BCUT2D eigenvalue weighted by Gasteiger charge is -2.37. The number of hydrogen-bond acceptors (Lipinski definition) is 0. The van der Waals surface area contributed by atoms with Crippen molar-refractivity contribution in [2.45, 2.75) is 116 Å². The highest BCUT2D eigenvalue weighted by Gasteiger charge is 2.30. The number of allylic oxidation sites excluding steroid dienone is 2. The molecule has 0 unspecified atom stereocenters. The second kappa shape index (κ2) is 12.5. The van der Waals surface area contributed by atoms with E-state index >= 15 is 0 Å². The van der Waals surface area contributed by atoms with Crippen LogP contribution in [0, 0.1) is 41.2 Å². The van der Waals surface area contributed by atoms with Gasteiger partial charge in [0.05, 0.1) is 0 Å². The van der Waals surface area contributed by atoms with Gasteiger partial charge in [0.1, 0.15) is 0 Å². The Bertz CT molecular complexity index is 729. The molecular formula is C31H46F2. The van der Waals surface area contributed by atoms with E-state index in [0.717, 1.165) is 42.1 Å². The lowest BCUT2D eigenvalue weighted by molar-refractivity contribution is 0.151. The van der Waals surface area contributed by atoms with E-state index in [1.165, 1.54) is 102 Å². The summed E-state index contributed by atoms with van der Waals surface area (Å²) in [6.07, 6.45) is 27.0. The van der Waals surface area contributed by atoms with Gasteiger partial charge in [0.25, 0.3) is 0 Å².